The third-order valence-corrected chi connectivity index (χ3v) is 5.74. The van der Waals surface area contributed by atoms with Crippen LogP contribution < -0.4 is 5.32 Å². The maximum absolute atomic E-state index is 12.6. The summed E-state index contributed by atoms with van der Waals surface area (Å²) in [6.07, 6.45) is 3.84. The number of furan rings is 1. The molecule has 1 saturated carbocycles. The minimum atomic E-state index is -0.00379. The second-order valence-electron chi connectivity index (χ2n) is 7.64. The van der Waals surface area contributed by atoms with Gasteiger partial charge in [0.2, 0.25) is 11.8 Å². The van der Waals surface area contributed by atoms with E-state index in [-0.39, 0.29) is 23.1 Å². The summed E-state index contributed by atoms with van der Waals surface area (Å²) in [6.45, 7) is 3.93. The third kappa shape index (κ3) is 3.39. The van der Waals surface area contributed by atoms with Crippen LogP contribution in [0, 0.1) is 18.3 Å². The first-order valence-corrected chi connectivity index (χ1v) is 9.19. The molecule has 1 spiro atoms. The number of aryl methyl sites for hydroxylation is 1. The van der Waals surface area contributed by atoms with Gasteiger partial charge < -0.3 is 14.6 Å². The molecule has 1 aliphatic heterocycles. The van der Waals surface area contributed by atoms with Gasteiger partial charge in [-0.1, -0.05) is 29.8 Å². The van der Waals surface area contributed by atoms with E-state index in [2.05, 4.69) is 5.32 Å². The van der Waals surface area contributed by atoms with Gasteiger partial charge in [-0.25, -0.2) is 0 Å². The fraction of sp³-hybridized carbons (Fsp3) is 0.429. The van der Waals surface area contributed by atoms with Crippen molar-refractivity contribution in [2.75, 3.05) is 13.1 Å². The van der Waals surface area contributed by atoms with Crippen LogP contribution in [-0.2, 0) is 22.6 Å². The number of amides is 2. The van der Waals surface area contributed by atoms with Gasteiger partial charge in [-0.05, 0) is 37.5 Å². The summed E-state index contributed by atoms with van der Waals surface area (Å²) in [4.78, 5) is 26.9. The molecule has 2 heterocycles. The summed E-state index contributed by atoms with van der Waals surface area (Å²) in [7, 11) is 0. The molecule has 4 rings (SSSR count). The molecular weight excluding hydrogens is 328 g/mol. The zero-order valence-corrected chi connectivity index (χ0v) is 15.0. The fourth-order valence-electron chi connectivity index (χ4n) is 3.98. The lowest BCUT2D eigenvalue weighted by molar-refractivity contribution is -0.130. The molecule has 2 aliphatic rings. The first-order chi connectivity index (χ1) is 12.6. The van der Waals surface area contributed by atoms with Crippen LogP contribution in [0.5, 0.6) is 0 Å². The van der Waals surface area contributed by atoms with Crippen molar-refractivity contribution in [3.05, 3.63) is 59.5 Å². The summed E-state index contributed by atoms with van der Waals surface area (Å²) in [5.74, 6) is 1.02. The largest absolute Gasteiger partial charge is 0.467 e. The average Bonchev–Trinajstić information content (AvgIpc) is 2.99. The quantitative estimate of drug-likeness (QED) is 0.900. The van der Waals surface area contributed by atoms with Crippen LogP contribution >= 0.6 is 0 Å². The van der Waals surface area contributed by atoms with Gasteiger partial charge >= 0.3 is 0 Å². The van der Waals surface area contributed by atoms with Crippen molar-refractivity contribution in [3.63, 3.8) is 0 Å². The number of hydrogen-bond acceptors (Lipinski definition) is 3. The minimum absolute atomic E-state index is 0.00379. The van der Waals surface area contributed by atoms with Crippen molar-refractivity contribution in [1.29, 1.82) is 0 Å². The molecule has 1 saturated heterocycles. The van der Waals surface area contributed by atoms with Gasteiger partial charge in [-0.3, -0.25) is 9.59 Å². The lowest BCUT2D eigenvalue weighted by atomic mass is 10.0. The maximum atomic E-state index is 12.6. The Labute approximate surface area is 153 Å². The molecule has 2 aromatic rings. The van der Waals surface area contributed by atoms with E-state index < -0.39 is 0 Å². The normalized spacial score (nSPS) is 24.0. The summed E-state index contributed by atoms with van der Waals surface area (Å²) in [5, 5.41) is 2.95. The van der Waals surface area contributed by atoms with Crippen molar-refractivity contribution in [2.24, 2.45) is 11.3 Å². The molecular formula is C21H24N2O3. The molecule has 1 aromatic carbocycles. The molecule has 0 unspecified atom stereocenters. The second kappa shape index (κ2) is 6.63. The Morgan fingerprint density at radius 2 is 2.08 bits per heavy atom. The van der Waals surface area contributed by atoms with Crippen LogP contribution in [0.3, 0.4) is 0 Å². The predicted octanol–water partition coefficient (Wildman–Crippen LogP) is 2.69. The molecule has 0 radical (unpaired) electrons. The van der Waals surface area contributed by atoms with Crippen LogP contribution in [0.2, 0.25) is 0 Å². The monoisotopic (exact) mass is 352 g/mol. The Bertz CT molecular complexity index is 797. The standard InChI is InChI=1S/C21H24N2O3/c1-15-4-6-16(7-5-15)11-19(24)23-9-8-21(14-23)12-18(21)20(25)22-13-17-3-2-10-26-17/h2-7,10,18H,8-9,11-14H2,1H3,(H,22,25)/t18-,21-/m1/s1. The lowest BCUT2D eigenvalue weighted by Crippen LogP contribution is -2.32. The predicted molar refractivity (Wildman–Crippen MR) is 97.2 cm³/mol. The van der Waals surface area contributed by atoms with Gasteiger partial charge in [0, 0.05) is 24.4 Å². The summed E-state index contributed by atoms with van der Waals surface area (Å²) in [5.41, 5.74) is 2.24. The van der Waals surface area contributed by atoms with Gasteiger partial charge in [-0.15, -0.1) is 0 Å². The summed E-state index contributed by atoms with van der Waals surface area (Å²) < 4.78 is 5.25. The summed E-state index contributed by atoms with van der Waals surface area (Å²) in [6, 6.07) is 11.8. The molecule has 136 valence electrons. The van der Waals surface area contributed by atoms with Crippen LogP contribution in [-0.4, -0.2) is 29.8 Å². The second-order valence-corrected chi connectivity index (χ2v) is 7.64. The maximum Gasteiger partial charge on any atom is 0.227 e. The molecule has 1 N–H and O–H groups in total. The zero-order chi connectivity index (χ0) is 18.1. The Kier molecular flexibility index (Phi) is 4.31. The van der Waals surface area contributed by atoms with Gasteiger partial charge in [0.25, 0.3) is 0 Å². The highest BCUT2D eigenvalue weighted by Crippen LogP contribution is 2.58. The van der Waals surface area contributed by atoms with E-state index in [0.717, 1.165) is 30.7 Å². The molecule has 2 atom stereocenters. The Balaban J connectivity index is 1.29. The molecule has 2 fully saturated rings. The van der Waals surface area contributed by atoms with E-state index in [0.29, 0.717) is 19.5 Å². The van der Waals surface area contributed by atoms with Crippen molar-refractivity contribution < 1.29 is 14.0 Å². The minimum Gasteiger partial charge on any atom is -0.467 e. The molecule has 1 aromatic heterocycles. The molecule has 2 amide bonds. The van der Waals surface area contributed by atoms with Crippen molar-refractivity contribution in [3.8, 4) is 0 Å². The van der Waals surface area contributed by atoms with Gasteiger partial charge in [-0.2, -0.15) is 0 Å². The van der Waals surface area contributed by atoms with Crippen LogP contribution in [0.1, 0.15) is 29.7 Å². The fourth-order valence-corrected chi connectivity index (χ4v) is 3.98. The van der Waals surface area contributed by atoms with E-state index in [4.69, 9.17) is 4.42 Å². The smallest absolute Gasteiger partial charge is 0.227 e. The highest BCUT2D eigenvalue weighted by atomic mass is 16.3. The number of carbonyl (C=O) groups excluding carboxylic acids is 2. The summed E-state index contributed by atoms with van der Waals surface area (Å²) >= 11 is 0. The molecule has 1 aliphatic carbocycles. The molecule has 5 heteroatoms. The number of hydrogen-bond donors (Lipinski definition) is 1. The number of likely N-dealkylation sites (tertiary alicyclic amines) is 1. The van der Waals surface area contributed by atoms with Gasteiger partial charge in [0.1, 0.15) is 5.76 Å². The average molecular weight is 352 g/mol. The number of nitrogens with one attached hydrogen (secondary N) is 1. The molecule has 5 nitrogen and oxygen atoms in total. The van der Waals surface area contributed by atoms with Crippen molar-refractivity contribution in [1.82, 2.24) is 10.2 Å². The highest BCUT2D eigenvalue weighted by Gasteiger charge is 2.61. The van der Waals surface area contributed by atoms with Crippen LogP contribution in [0.15, 0.2) is 47.1 Å². The van der Waals surface area contributed by atoms with Crippen LogP contribution in [0.4, 0.5) is 0 Å². The Hall–Kier alpha value is -2.56. The first-order valence-electron chi connectivity index (χ1n) is 9.19. The molecule has 0 bridgehead atoms. The number of benzene rings is 1. The number of carbonyl (C=O) groups is 2. The van der Waals surface area contributed by atoms with Gasteiger partial charge in [0.05, 0.1) is 19.2 Å². The molecule has 26 heavy (non-hydrogen) atoms. The van der Waals surface area contributed by atoms with Crippen molar-refractivity contribution in [2.45, 2.75) is 32.7 Å². The lowest BCUT2D eigenvalue weighted by Gasteiger charge is -2.17. The number of nitrogens with zero attached hydrogens (tertiary/aromatic N) is 1. The van der Waals surface area contributed by atoms with E-state index >= 15 is 0 Å². The van der Waals surface area contributed by atoms with E-state index in [1.54, 1.807) is 6.26 Å². The zero-order valence-electron chi connectivity index (χ0n) is 15.0. The Morgan fingerprint density at radius 3 is 2.81 bits per heavy atom. The van der Waals surface area contributed by atoms with Gasteiger partial charge in [0.15, 0.2) is 0 Å². The SMILES string of the molecule is Cc1ccc(CC(=O)N2CC[C@@]3(C[C@@H]3C(=O)NCc3ccco3)C2)cc1. The van der Waals surface area contributed by atoms with E-state index in [1.165, 1.54) is 5.56 Å². The number of rotatable bonds is 5. The first kappa shape index (κ1) is 16.9. The highest BCUT2D eigenvalue weighted by molar-refractivity contribution is 5.84. The van der Waals surface area contributed by atoms with Crippen LogP contribution in [0.25, 0.3) is 0 Å². The topological polar surface area (TPSA) is 62.6 Å². The third-order valence-electron chi connectivity index (χ3n) is 5.74. The van der Waals surface area contributed by atoms with E-state index in [9.17, 15) is 9.59 Å². The van der Waals surface area contributed by atoms with Crippen molar-refractivity contribution >= 4 is 11.8 Å². The Morgan fingerprint density at radius 1 is 1.27 bits per heavy atom. The van der Waals surface area contributed by atoms with E-state index in [1.807, 2.05) is 48.2 Å².